The number of carbonyl (C=O) groups excluding carboxylic acids is 2. The Hall–Kier alpha value is -3.25. The summed E-state index contributed by atoms with van der Waals surface area (Å²) in [5, 5.41) is 20.2. The topological polar surface area (TPSA) is 103 Å². The lowest BCUT2D eigenvalue weighted by atomic mass is 9.97. The Balaban J connectivity index is 1.17. The zero-order valence-electron chi connectivity index (χ0n) is 20.6. The second-order valence-electron chi connectivity index (χ2n) is 10.5. The van der Waals surface area contributed by atoms with Crippen LogP contribution in [-0.2, 0) is 22.6 Å². The van der Waals surface area contributed by atoms with Crippen LogP contribution < -0.4 is 10.6 Å². The van der Waals surface area contributed by atoms with E-state index in [0.29, 0.717) is 23.4 Å². The summed E-state index contributed by atoms with van der Waals surface area (Å²) in [4.78, 5) is 26.1. The maximum Gasteiger partial charge on any atom is 0.238 e. The van der Waals surface area contributed by atoms with Gasteiger partial charge in [-0.3, -0.25) is 14.3 Å². The number of nitrogens with zero attached hydrogens (tertiary/aromatic N) is 4. The number of nitrogens with one attached hydrogen (secondary N) is 2. The first-order valence-corrected chi connectivity index (χ1v) is 12.9. The molecule has 1 saturated carbocycles. The predicted octanol–water partition coefficient (Wildman–Crippen LogP) is 2.64. The molecule has 8 nitrogen and oxygen atoms in total. The summed E-state index contributed by atoms with van der Waals surface area (Å²) in [6.07, 6.45) is 8.84. The van der Waals surface area contributed by atoms with Crippen molar-refractivity contribution in [1.82, 2.24) is 25.3 Å². The van der Waals surface area contributed by atoms with Gasteiger partial charge in [-0.25, -0.2) is 4.39 Å². The van der Waals surface area contributed by atoms with Crippen LogP contribution in [0.15, 0.2) is 30.6 Å². The van der Waals surface area contributed by atoms with Gasteiger partial charge in [-0.2, -0.15) is 10.4 Å². The molecule has 3 heterocycles. The van der Waals surface area contributed by atoms with E-state index in [1.54, 1.807) is 19.2 Å². The molecule has 2 bridgehead atoms. The molecule has 5 rings (SSSR count). The third-order valence-corrected chi connectivity index (χ3v) is 8.06. The second-order valence-corrected chi connectivity index (χ2v) is 10.5. The minimum atomic E-state index is -0.782. The summed E-state index contributed by atoms with van der Waals surface area (Å²) in [6.45, 7) is 3.94. The number of halogens is 1. The molecular weight excluding hydrogens is 459 g/mol. The largest absolute Gasteiger partial charge is 0.343 e. The summed E-state index contributed by atoms with van der Waals surface area (Å²) in [7, 11) is 0. The lowest BCUT2D eigenvalue weighted by Gasteiger charge is -2.31. The average molecular weight is 493 g/mol. The van der Waals surface area contributed by atoms with Gasteiger partial charge in [0.25, 0.3) is 0 Å². The molecule has 1 aliphatic carbocycles. The number of amides is 2. The van der Waals surface area contributed by atoms with E-state index in [4.69, 9.17) is 0 Å². The Morgan fingerprint density at radius 3 is 2.69 bits per heavy atom. The Morgan fingerprint density at radius 2 is 2.06 bits per heavy atom. The average Bonchev–Trinajstić information content (AvgIpc) is 3.63. The number of benzene rings is 1. The van der Waals surface area contributed by atoms with Crippen molar-refractivity contribution in [2.75, 3.05) is 13.1 Å². The van der Waals surface area contributed by atoms with Crippen LogP contribution in [0.25, 0.3) is 11.1 Å². The molecule has 36 heavy (non-hydrogen) atoms. The van der Waals surface area contributed by atoms with Crippen molar-refractivity contribution in [2.45, 2.75) is 70.1 Å². The van der Waals surface area contributed by atoms with E-state index >= 15 is 0 Å². The van der Waals surface area contributed by atoms with Crippen LogP contribution in [-0.4, -0.2) is 57.7 Å². The number of hydrogen-bond acceptors (Lipinski definition) is 5. The zero-order valence-corrected chi connectivity index (χ0v) is 20.6. The summed E-state index contributed by atoms with van der Waals surface area (Å²) < 4.78 is 16.9. The van der Waals surface area contributed by atoms with E-state index in [1.807, 2.05) is 21.8 Å². The molecule has 1 aromatic carbocycles. The molecule has 3 fully saturated rings. The number of aromatic nitrogens is 2. The van der Waals surface area contributed by atoms with Crippen molar-refractivity contribution in [2.24, 2.45) is 11.8 Å². The van der Waals surface area contributed by atoms with Gasteiger partial charge in [-0.1, -0.05) is 12.1 Å². The Labute approximate surface area is 210 Å². The molecule has 2 unspecified atom stereocenters. The summed E-state index contributed by atoms with van der Waals surface area (Å²) in [5.41, 5.74) is 1.95. The number of nitriles is 1. The fraction of sp³-hybridized carbons (Fsp3) is 0.556. The van der Waals surface area contributed by atoms with Gasteiger partial charge in [-0.15, -0.1) is 0 Å². The minimum absolute atomic E-state index is 0.118. The van der Waals surface area contributed by atoms with Gasteiger partial charge in [0.05, 0.1) is 18.3 Å². The Morgan fingerprint density at radius 1 is 1.25 bits per heavy atom. The van der Waals surface area contributed by atoms with E-state index < -0.39 is 11.9 Å². The number of carbonyl (C=O) groups is 2. The summed E-state index contributed by atoms with van der Waals surface area (Å²) in [5.74, 6) is 0.357. The number of hydrogen-bond donors (Lipinski definition) is 2. The molecule has 1 aromatic heterocycles. The number of likely N-dealkylation sites (tertiary alicyclic amines) is 1. The number of rotatable bonds is 7. The lowest BCUT2D eigenvalue weighted by molar-refractivity contribution is -0.130. The molecule has 9 heteroatoms. The van der Waals surface area contributed by atoms with Gasteiger partial charge in [0.2, 0.25) is 11.8 Å². The van der Waals surface area contributed by atoms with Crippen LogP contribution in [0.4, 0.5) is 4.39 Å². The molecule has 2 aliphatic heterocycles. The highest BCUT2D eigenvalue weighted by Crippen LogP contribution is 2.35. The molecule has 0 spiro atoms. The SMILES string of the molecule is CC(=O)N1CCC(Cn2cc(-c3ccc(C[C@@H](C#N)NC(=O)[C@H]4NC5CCC4C5)c(F)c3)cn2)CC1. The van der Waals surface area contributed by atoms with E-state index in [1.165, 1.54) is 6.07 Å². The van der Waals surface area contributed by atoms with Gasteiger partial charge >= 0.3 is 0 Å². The van der Waals surface area contributed by atoms with Crippen molar-refractivity contribution in [3.8, 4) is 17.2 Å². The second kappa shape index (κ2) is 10.4. The molecule has 2 N–H and O–H groups in total. The van der Waals surface area contributed by atoms with Crippen LogP contribution in [0.5, 0.6) is 0 Å². The van der Waals surface area contributed by atoms with Crippen molar-refractivity contribution >= 4 is 11.8 Å². The smallest absolute Gasteiger partial charge is 0.238 e. The van der Waals surface area contributed by atoms with Crippen molar-refractivity contribution in [3.63, 3.8) is 0 Å². The Kier molecular flexibility index (Phi) is 7.06. The van der Waals surface area contributed by atoms with Gasteiger partial charge in [0, 0.05) is 50.8 Å². The number of piperidine rings is 2. The van der Waals surface area contributed by atoms with E-state index in [9.17, 15) is 19.2 Å². The molecule has 3 aliphatic rings. The minimum Gasteiger partial charge on any atom is -0.343 e. The molecule has 4 atom stereocenters. The maximum atomic E-state index is 15.0. The lowest BCUT2D eigenvalue weighted by Crippen LogP contribution is -2.50. The first kappa shape index (κ1) is 24.4. The van der Waals surface area contributed by atoms with Gasteiger partial charge in [0.15, 0.2) is 0 Å². The number of fused-ring (bicyclic) bond motifs is 2. The van der Waals surface area contributed by atoms with Crippen LogP contribution in [0, 0.1) is 29.0 Å². The van der Waals surface area contributed by atoms with E-state index in [-0.39, 0.29) is 24.3 Å². The summed E-state index contributed by atoms with van der Waals surface area (Å²) in [6, 6.07) is 6.47. The van der Waals surface area contributed by atoms with Crippen molar-refractivity contribution < 1.29 is 14.0 Å². The molecule has 2 aromatic rings. The Bertz CT molecular complexity index is 1170. The monoisotopic (exact) mass is 492 g/mol. The zero-order chi connectivity index (χ0) is 25.2. The standard InChI is InChI=1S/C27H33FN6O2/c1-17(35)33-8-6-18(7-9-33)15-34-16-22(14-30-34)19-2-3-20(25(28)12-19)10-24(13-29)32-27(36)26-21-4-5-23(11-21)31-26/h2-3,12,14,16,18,21,23-24,26,31H,4-11,15H2,1H3,(H,32,36)/t21?,23?,24-,26-/m0/s1. The molecule has 2 saturated heterocycles. The van der Waals surface area contributed by atoms with Gasteiger partial charge in [0.1, 0.15) is 11.9 Å². The highest BCUT2D eigenvalue weighted by molar-refractivity contribution is 5.83. The maximum absolute atomic E-state index is 15.0. The fourth-order valence-corrected chi connectivity index (χ4v) is 5.96. The van der Waals surface area contributed by atoms with Gasteiger partial charge < -0.3 is 15.5 Å². The third kappa shape index (κ3) is 5.29. The first-order valence-electron chi connectivity index (χ1n) is 12.9. The molecule has 2 amide bonds. The van der Waals surface area contributed by atoms with Crippen LogP contribution >= 0.6 is 0 Å². The highest BCUT2D eigenvalue weighted by Gasteiger charge is 2.43. The fourth-order valence-electron chi connectivity index (χ4n) is 5.96. The predicted molar refractivity (Wildman–Crippen MR) is 132 cm³/mol. The van der Waals surface area contributed by atoms with E-state index in [0.717, 1.165) is 62.9 Å². The van der Waals surface area contributed by atoms with Crippen LogP contribution in [0.1, 0.15) is 44.6 Å². The quantitative estimate of drug-likeness (QED) is 0.619. The normalized spacial score (nSPS) is 24.5. The van der Waals surface area contributed by atoms with E-state index in [2.05, 4.69) is 21.8 Å². The first-order chi connectivity index (χ1) is 17.4. The van der Waals surface area contributed by atoms with Crippen molar-refractivity contribution in [3.05, 3.63) is 42.0 Å². The summed E-state index contributed by atoms with van der Waals surface area (Å²) >= 11 is 0. The highest BCUT2D eigenvalue weighted by atomic mass is 19.1. The van der Waals surface area contributed by atoms with Crippen LogP contribution in [0.2, 0.25) is 0 Å². The van der Waals surface area contributed by atoms with Crippen LogP contribution in [0.3, 0.4) is 0 Å². The van der Waals surface area contributed by atoms with Gasteiger partial charge in [-0.05, 0) is 61.1 Å². The molecular formula is C27H33FN6O2. The molecule has 0 radical (unpaired) electrons. The van der Waals surface area contributed by atoms with Crippen molar-refractivity contribution in [1.29, 1.82) is 5.26 Å². The third-order valence-electron chi connectivity index (χ3n) is 8.06. The molecule has 190 valence electrons.